The summed E-state index contributed by atoms with van der Waals surface area (Å²) in [5, 5.41) is 0. The summed E-state index contributed by atoms with van der Waals surface area (Å²) in [6, 6.07) is 0.368. The molecule has 0 aromatic carbocycles. The molecule has 0 aliphatic carbocycles. The lowest BCUT2D eigenvalue weighted by molar-refractivity contribution is -0.931. The van der Waals surface area contributed by atoms with Gasteiger partial charge in [0.05, 0.1) is 20.1 Å². The largest absolute Gasteiger partial charge is 0.317 e. The van der Waals surface area contributed by atoms with E-state index in [1.165, 1.54) is 25.9 Å². The molecule has 2 heteroatoms. The first-order valence-electron chi connectivity index (χ1n) is 5.09. The van der Waals surface area contributed by atoms with E-state index in [-0.39, 0.29) is 0 Å². The van der Waals surface area contributed by atoms with Crippen molar-refractivity contribution in [3.63, 3.8) is 0 Å². The molecule has 2 nitrogen and oxygen atoms in total. The van der Waals surface area contributed by atoms with Crippen molar-refractivity contribution in [2.24, 2.45) is 0 Å². The number of carbonyl (C=O) groups is 1. The van der Waals surface area contributed by atoms with Crippen LogP contribution in [0.3, 0.4) is 0 Å². The molecule has 0 aromatic heterocycles. The van der Waals surface area contributed by atoms with Gasteiger partial charge >= 0.3 is 0 Å². The number of Topliss-reactive ketones (excluding diaryl/α,β-unsaturated/α-hetero) is 1. The Morgan fingerprint density at radius 1 is 1.25 bits per heavy atom. The highest BCUT2D eigenvalue weighted by Gasteiger charge is 2.42. The smallest absolute Gasteiger partial charge is 0.190 e. The Bertz CT molecular complexity index is 198. The fraction of sp³-hybridized carbons (Fsp3) is 0.900. The van der Waals surface area contributed by atoms with Crippen LogP contribution in [0.5, 0.6) is 0 Å². The first-order valence-corrected chi connectivity index (χ1v) is 5.09. The van der Waals surface area contributed by atoms with Crippen molar-refractivity contribution in [1.29, 1.82) is 0 Å². The van der Waals surface area contributed by atoms with Crippen LogP contribution in [0.15, 0.2) is 0 Å². The number of ketones is 1. The Hall–Kier alpha value is -0.370. The molecular formula is C10H18NO+. The van der Waals surface area contributed by atoms with Crippen LogP contribution in [0, 0.1) is 0 Å². The van der Waals surface area contributed by atoms with E-state index in [1.807, 2.05) is 0 Å². The summed E-state index contributed by atoms with van der Waals surface area (Å²) in [5.74, 6) is 0.531. The topological polar surface area (TPSA) is 17.1 Å². The first kappa shape index (κ1) is 8.24. The van der Waals surface area contributed by atoms with Crippen LogP contribution in [-0.4, -0.2) is 36.4 Å². The molecule has 2 atom stereocenters. The van der Waals surface area contributed by atoms with E-state index in [1.54, 1.807) is 0 Å². The molecule has 0 radical (unpaired) electrons. The third-order valence-corrected chi connectivity index (χ3v) is 3.61. The Morgan fingerprint density at radius 2 is 2.00 bits per heavy atom. The van der Waals surface area contributed by atoms with Crippen LogP contribution < -0.4 is 0 Å². The summed E-state index contributed by atoms with van der Waals surface area (Å²) >= 11 is 0. The minimum atomic E-state index is 0.368. The van der Waals surface area contributed by atoms with Gasteiger partial charge in [0.1, 0.15) is 6.04 Å². The molecule has 0 spiro atoms. The summed E-state index contributed by atoms with van der Waals surface area (Å²) in [5.41, 5.74) is 0. The van der Waals surface area contributed by atoms with Crippen LogP contribution in [0.4, 0.5) is 0 Å². The average molecular weight is 168 g/mol. The Balaban J connectivity index is 2.18. The fourth-order valence-corrected chi connectivity index (χ4v) is 2.84. The zero-order valence-corrected chi connectivity index (χ0v) is 7.88. The SMILES string of the molecule is C[N+]12CCCCC1C(=O)CCC2. The highest BCUT2D eigenvalue weighted by Crippen LogP contribution is 2.29. The van der Waals surface area contributed by atoms with E-state index < -0.39 is 0 Å². The number of piperidine rings is 2. The van der Waals surface area contributed by atoms with Gasteiger partial charge in [0.25, 0.3) is 0 Å². The van der Waals surface area contributed by atoms with Gasteiger partial charge in [-0.15, -0.1) is 0 Å². The molecule has 2 unspecified atom stereocenters. The van der Waals surface area contributed by atoms with Crippen LogP contribution in [0.2, 0.25) is 0 Å². The Morgan fingerprint density at radius 3 is 2.75 bits per heavy atom. The van der Waals surface area contributed by atoms with E-state index >= 15 is 0 Å². The summed E-state index contributed by atoms with van der Waals surface area (Å²) < 4.78 is 1.05. The highest BCUT2D eigenvalue weighted by molar-refractivity contribution is 5.83. The zero-order chi connectivity index (χ0) is 8.60. The quantitative estimate of drug-likeness (QED) is 0.499. The van der Waals surface area contributed by atoms with Gasteiger partial charge < -0.3 is 4.48 Å². The molecule has 2 heterocycles. The van der Waals surface area contributed by atoms with Gasteiger partial charge in [0.15, 0.2) is 5.78 Å². The van der Waals surface area contributed by atoms with Crippen LogP contribution in [0.1, 0.15) is 32.1 Å². The number of rotatable bonds is 0. The number of hydrogen-bond donors (Lipinski definition) is 0. The molecule has 2 aliphatic heterocycles. The third kappa shape index (κ3) is 1.18. The Kier molecular flexibility index (Phi) is 1.95. The van der Waals surface area contributed by atoms with Crippen molar-refractivity contribution in [1.82, 2.24) is 0 Å². The highest BCUT2D eigenvalue weighted by atomic mass is 16.1. The number of hydrogen-bond acceptors (Lipinski definition) is 1. The standard InChI is InChI=1S/C10H18NO/c1-11-7-3-2-5-9(11)10(12)6-4-8-11/h9H,2-8H2,1H3/q+1. The second-order valence-corrected chi connectivity index (χ2v) is 4.51. The molecule has 2 aliphatic rings. The zero-order valence-electron chi connectivity index (χ0n) is 7.88. The monoisotopic (exact) mass is 168 g/mol. The minimum Gasteiger partial charge on any atom is -0.317 e. The molecule has 0 saturated carbocycles. The number of fused-ring (bicyclic) bond motifs is 1. The van der Waals surface area contributed by atoms with Gasteiger partial charge in [-0.25, -0.2) is 0 Å². The minimum absolute atomic E-state index is 0.368. The molecule has 0 N–H and O–H groups in total. The van der Waals surface area contributed by atoms with Gasteiger partial charge in [-0.1, -0.05) is 0 Å². The van der Waals surface area contributed by atoms with Crippen LogP contribution in [0.25, 0.3) is 0 Å². The van der Waals surface area contributed by atoms with E-state index in [4.69, 9.17) is 0 Å². The summed E-state index contributed by atoms with van der Waals surface area (Å²) in [6.07, 6.45) is 5.70. The molecule has 2 saturated heterocycles. The van der Waals surface area contributed by atoms with E-state index in [2.05, 4.69) is 7.05 Å². The van der Waals surface area contributed by atoms with Crippen molar-refractivity contribution in [2.45, 2.75) is 38.1 Å². The van der Waals surface area contributed by atoms with Gasteiger partial charge in [0.2, 0.25) is 0 Å². The molecule has 68 valence electrons. The van der Waals surface area contributed by atoms with Crippen molar-refractivity contribution in [2.75, 3.05) is 20.1 Å². The maximum atomic E-state index is 11.6. The molecule has 0 bridgehead atoms. The second-order valence-electron chi connectivity index (χ2n) is 4.51. The summed E-state index contributed by atoms with van der Waals surface area (Å²) in [7, 11) is 2.26. The van der Waals surface area contributed by atoms with Crippen LogP contribution >= 0.6 is 0 Å². The normalized spacial score (nSPS) is 42.4. The van der Waals surface area contributed by atoms with Crippen molar-refractivity contribution in [3.05, 3.63) is 0 Å². The second kappa shape index (κ2) is 2.84. The molecule has 0 amide bonds. The predicted molar refractivity (Wildman–Crippen MR) is 47.8 cm³/mol. The number of likely N-dealkylation sites (N-methyl/N-ethyl adjacent to an activating group) is 1. The average Bonchev–Trinajstić information content (AvgIpc) is 2.04. The third-order valence-electron chi connectivity index (χ3n) is 3.61. The van der Waals surface area contributed by atoms with Crippen molar-refractivity contribution < 1.29 is 9.28 Å². The van der Waals surface area contributed by atoms with E-state index in [0.29, 0.717) is 11.8 Å². The number of nitrogens with zero attached hydrogens (tertiary/aromatic N) is 1. The molecule has 12 heavy (non-hydrogen) atoms. The lowest BCUT2D eigenvalue weighted by atomic mass is 9.89. The van der Waals surface area contributed by atoms with Gasteiger partial charge in [-0.3, -0.25) is 4.79 Å². The van der Waals surface area contributed by atoms with Crippen LogP contribution in [-0.2, 0) is 4.79 Å². The first-order chi connectivity index (χ1) is 5.72. The summed E-state index contributed by atoms with van der Waals surface area (Å²) in [6.45, 7) is 2.47. The molecule has 2 rings (SSSR count). The molecule has 2 fully saturated rings. The molecular weight excluding hydrogens is 150 g/mol. The lowest BCUT2D eigenvalue weighted by Gasteiger charge is -2.46. The van der Waals surface area contributed by atoms with Crippen molar-refractivity contribution in [3.8, 4) is 0 Å². The Labute approximate surface area is 74.1 Å². The maximum Gasteiger partial charge on any atom is 0.190 e. The maximum absolute atomic E-state index is 11.6. The molecule has 0 aromatic rings. The van der Waals surface area contributed by atoms with Gasteiger partial charge in [0, 0.05) is 19.3 Å². The number of quaternary nitrogens is 1. The van der Waals surface area contributed by atoms with Gasteiger partial charge in [-0.05, 0) is 12.8 Å². The van der Waals surface area contributed by atoms with Gasteiger partial charge in [-0.2, -0.15) is 0 Å². The lowest BCUT2D eigenvalue weighted by Crippen LogP contribution is -2.61. The van der Waals surface area contributed by atoms with E-state index in [0.717, 1.165) is 23.7 Å². The fourth-order valence-electron chi connectivity index (χ4n) is 2.84. The predicted octanol–water partition coefficient (Wildman–Crippen LogP) is 1.35. The number of carbonyl (C=O) groups excluding carboxylic acids is 1. The van der Waals surface area contributed by atoms with Crippen molar-refractivity contribution >= 4 is 5.78 Å². The summed E-state index contributed by atoms with van der Waals surface area (Å²) in [4.78, 5) is 11.6. The van der Waals surface area contributed by atoms with E-state index in [9.17, 15) is 4.79 Å².